The second-order valence-corrected chi connectivity index (χ2v) is 5.18. The zero-order chi connectivity index (χ0) is 14.0. The van der Waals surface area contributed by atoms with E-state index in [0.29, 0.717) is 12.8 Å². The minimum atomic E-state index is -4.74. The van der Waals surface area contributed by atoms with Gasteiger partial charge in [-0.25, -0.2) is 9.67 Å². The summed E-state index contributed by atoms with van der Waals surface area (Å²) in [5.74, 6) is -0.869. The summed E-state index contributed by atoms with van der Waals surface area (Å²) in [5, 5.41) is 3.83. The smallest absolute Gasteiger partial charge is 0.363 e. The van der Waals surface area contributed by atoms with E-state index in [0.717, 1.165) is 0 Å². The lowest BCUT2D eigenvalue weighted by Gasteiger charge is -2.12. The van der Waals surface area contributed by atoms with Crippen molar-refractivity contribution in [1.82, 2.24) is 14.8 Å². The molecule has 1 aliphatic heterocycles. The number of hydrogen-bond acceptors (Lipinski definition) is 7. The first-order valence-electron chi connectivity index (χ1n) is 5.40. The van der Waals surface area contributed by atoms with Gasteiger partial charge in [-0.15, -0.1) is 9.62 Å². The van der Waals surface area contributed by atoms with E-state index >= 15 is 0 Å². The van der Waals surface area contributed by atoms with Gasteiger partial charge in [0.05, 0.1) is 6.10 Å². The minimum Gasteiger partial charge on any atom is -0.363 e. The van der Waals surface area contributed by atoms with Crippen molar-refractivity contribution in [1.29, 1.82) is 0 Å². The summed E-state index contributed by atoms with van der Waals surface area (Å²) in [6, 6.07) is 0. The van der Waals surface area contributed by atoms with Crippen LogP contribution in [0.1, 0.15) is 29.7 Å². The monoisotopic (exact) mass is 295 g/mol. The van der Waals surface area contributed by atoms with Crippen LogP contribution in [0.3, 0.4) is 0 Å². The predicted octanol–water partition coefficient (Wildman–Crippen LogP) is -0.297. The maximum Gasteiger partial charge on any atom is 0.618 e. The molecule has 1 amide bonds. The lowest BCUT2D eigenvalue weighted by molar-refractivity contribution is -0.0289. The summed E-state index contributed by atoms with van der Waals surface area (Å²) < 4.78 is 23.4. The molecule has 0 bridgehead atoms. The molecule has 4 N–H and O–H groups in total. The first-order chi connectivity index (χ1) is 8.85. The summed E-state index contributed by atoms with van der Waals surface area (Å²) in [6.07, 6.45) is 1.42. The van der Waals surface area contributed by atoms with Gasteiger partial charge in [-0.3, -0.25) is 4.79 Å². The summed E-state index contributed by atoms with van der Waals surface area (Å²) in [7, 11) is -4.74. The molecule has 106 valence electrons. The highest BCUT2D eigenvalue weighted by Crippen LogP contribution is 2.53. The number of nitrogens with two attached hydrogens (primary N) is 1. The molecule has 1 aromatic heterocycles. The van der Waals surface area contributed by atoms with Gasteiger partial charge in [0.15, 0.2) is 6.23 Å². The van der Waals surface area contributed by atoms with Crippen LogP contribution >= 0.6 is 8.25 Å². The lowest BCUT2D eigenvalue weighted by atomic mass is 10.2. The van der Waals surface area contributed by atoms with Crippen LogP contribution in [-0.4, -0.2) is 43.2 Å². The molecule has 9 nitrogen and oxygen atoms in total. The normalized spacial score (nSPS) is 23.7. The van der Waals surface area contributed by atoms with E-state index < -0.39 is 26.5 Å². The van der Waals surface area contributed by atoms with Crippen LogP contribution in [0.4, 0.5) is 4.20 Å². The van der Waals surface area contributed by atoms with Crippen LogP contribution in [0.2, 0.25) is 0 Å². The van der Waals surface area contributed by atoms with Crippen LogP contribution in [0, 0.1) is 0 Å². The molecular weight excluding hydrogens is 282 g/mol. The number of halogens is 1. The molecule has 1 saturated heterocycles. The summed E-state index contributed by atoms with van der Waals surface area (Å²) in [4.78, 5) is 31.5. The Morgan fingerprint density at radius 3 is 3.00 bits per heavy atom. The highest BCUT2D eigenvalue weighted by atomic mass is 31.3. The Hall–Kier alpha value is -1.19. The fourth-order valence-corrected chi connectivity index (χ4v) is 2.06. The number of carbonyl (C=O) groups excluding carboxylic acids is 1. The van der Waals surface area contributed by atoms with Gasteiger partial charge >= 0.3 is 8.25 Å². The molecular formula is C8H13FN4O5P+. The van der Waals surface area contributed by atoms with E-state index in [2.05, 4.69) is 14.6 Å². The summed E-state index contributed by atoms with van der Waals surface area (Å²) >= 11 is 0. The van der Waals surface area contributed by atoms with Crippen LogP contribution in [0.5, 0.6) is 0 Å². The Morgan fingerprint density at radius 1 is 1.68 bits per heavy atom. The van der Waals surface area contributed by atoms with Gasteiger partial charge in [-0.1, -0.05) is 0 Å². The third kappa shape index (κ3) is 3.88. The van der Waals surface area contributed by atoms with E-state index in [1.165, 1.54) is 11.0 Å². The maximum absolute atomic E-state index is 12.4. The van der Waals surface area contributed by atoms with Crippen LogP contribution in [-0.2, 0) is 9.26 Å². The van der Waals surface area contributed by atoms with Gasteiger partial charge < -0.3 is 10.5 Å². The molecule has 0 radical (unpaired) electrons. The molecule has 0 spiro atoms. The van der Waals surface area contributed by atoms with E-state index in [-0.39, 0.29) is 12.4 Å². The highest BCUT2D eigenvalue weighted by Gasteiger charge is 2.40. The number of amides is 1. The first kappa shape index (κ1) is 14.2. The number of ether oxygens (including phenoxy) is 1. The van der Waals surface area contributed by atoms with Gasteiger partial charge in [-0.05, 0) is 12.8 Å². The molecule has 0 aliphatic carbocycles. The lowest BCUT2D eigenvalue weighted by Crippen LogP contribution is -2.18. The van der Waals surface area contributed by atoms with Gasteiger partial charge in [0.1, 0.15) is 12.9 Å². The molecule has 2 atom stereocenters. The van der Waals surface area contributed by atoms with Crippen LogP contribution in [0.25, 0.3) is 0 Å². The molecule has 11 heteroatoms. The Labute approximate surface area is 107 Å². The number of carbonyl (C=O) groups is 1. The number of hydrogen-bond donors (Lipinski definition) is 3. The number of nitrogens with zero attached hydrogens (tertiary/aromatic N) is 3. The molecule has 0 saturated carbocycles. The molecule has 19 heavy (non-hydrogen) atoms. The largest absolute Gasteiger partial charge is 0.618 e. The van der Waals surface area contributed by atoms with E-state index in [9.17, 15) is 8.99 Å². The molecule has 0 aromatic carbocycles. The van der Waals surface area contributed by atoms with Crippen molar-refractivity contribution in [2.75, 3.05) is 6.61 Å². The molecule has 1 aliphatic rings. The molecule has 1 fully saturated rings. The standard InChI is InChI=1S/C8H12FN4O5P/c9-19(15,16)17-3-5-1-2-6(18-5)13-4-11-8(12-13)7(10)14/h4-6,15-16H,1-3H2,(H-,10,14)/p+1/t5?,6-/m1/s1. The molecule has 1 unspecified atom stereocenters. The Bertz CT molecular complexity index is 464. The zero-order valence-electron chi connectivity index (χ0n) is 9.72. The van der Waals surface area contributed by atoms with Crippen molar-refractivity contribution in [2.24, 2.45) is 5.73 Å². The SMILES string of the molecule is NC(=O)c1ncn([C@H]2CCC(CO[P+](O)(O)F)O2)n1. The van der Waals surface area contributed by atoms with Crippen molar-refractivity contribution in [3.63, 3.8) is 0 Å². The summed E-state index contributed by atoms with van der Waals surface area (Å²) in [6.45, 7) is -0.273. The first-order valence-corrected chi connectivity index (χ1v) is 6.90. The predicted molar refractivity (Wildman–Crippen MR) is 60.1 cm³/mol. The van der Waals surface area contributed by atoms with Gasteiger partial charge in [0.2, 0.25) is 5.82 Å². The van der Waals surface area contributed by atoms with Crippen molar-refractivity contribution >= 4 is 14.2 Å². The second kappa shape index (κ2) is 5.43. The zero-order valence-corrected chi connectivity index (χ0v) is 10.6. The summed E-state index contributed by atoms with van der Waals surface area (Å²) in [5.41, 5.74) is 5.02. The van der Waals surface area contributed by atoms with Gasteiger partial charge in [0, 0.05) is 4.20 Å². The van der Waals surface area contributed by atoms with E-state index in [1.807, 2.05) is 0 Å². The maximum atomic E-state index is 12.4. The van der Waals surface area contributed by atoms with E-state index in [4.69, 9.17) is 20.3 Å². The van der Waals surface area contributed by atoms with Gasteiger partial charge in [0.25, 0.3) is 5.91 Å². The molecule has 2 heterocycles. The Morgan fingerprint density at radius 2 is 2.42 bits per heavy atom. The van der Waals surface area contributed by atoms with Gasteiger partial charge in [-0.2, -0.15) is 9.79 Å². The minimum absolute atomic E-state index is 0.122. The van der Waals surface area contributed by atoms with Crippen LogP contribution < -0.4 is 5.73 Å². The topological polar surface area (TPSA) is 133 Å². The highest BCUT2D eigenvalue weighted by molar-refractivity contribution is 7.53. The third-order valence-corrected chi connectivity index (χ3v) is 3.01. The fourth-order valence-electron chi connectivity index (χ4n) is 1.71. The molecule has 2 rings (SSSR count). The quantitative estimate of drug-likeness (QED) is 0.635. The van der Waals surface area contributed by atoms with Crippen molar-refractivity contribution in [3.8, 4) is 0 Å². The second-order valence-electron chi connectivity index (χ2n) is 3.97. The average Bonchev–Trinajstić information content (AvgIpc) is 2.94. The number of primary amides is 1. The Balaban J connectivity index is 1.89. The van der Waals surface area contributed by atoms with Crippen molar-refractivity contribution in [3.05, 3.63) is 12.2 Å². The van der Waals surface area contributed by atoms with Crippen LogP contribution in [0.15, 0.2) is 6.33 Å². The Kier molecular flexibility index (Phi) is 4.07. The average molecular weight is 295 g/mol. The third-order valence-electron chi connectivity index (χ3n) is 2.53. The number of aromatic nitrogens is 3. The number of rotatable bonds is 5. The van der Waals surface area contributed by atoms with E-state index in [1.54, 1.807) is 0 Å². The van der Waals surface area contributed by atoms with Crippen molar-refractivity contribution < 1.29 is 28.0 Å². The van der Waals surface area contributed by atoms with Crippen molar-refractivity contribution in [2.45, 2.75) is 25.2 Å². The molecule has 1 aromatic rings. The fraction of sp³-hybridized carbons (Fsp3) is 0.625.